The molecule has 0 atom stereocenters. The molecule has 0 saturated heterocycles. The van der Waals surface area contributed by atoms with E-state index in [0.717, 1.165) is 30.5 Å². The SMILES string of the molecule is CN=C(NCc1ccccc1Cn1cccn1)NCC(C)(C)c1ccc2c(c1)OCCO2. The Morgan fingerprint density at radius 3 is 2.56 bits per heavy atom. The van der Waals surface area contributed by atoms with Gasteiger partial charge in [-0.2, -0.15) is 5.10 Å². The number of benzene rings is 2. The van der Waals surface area contributed by atoms with Crippen LogP contribution in [0.3, 0.4) is 0 Å². The smallest absolute Gasteiger partial charge is 0.191 e. The van der Waals surface area contributed by atoms with Crippen molar-refractivity contribution in [2.75, 3.05) is 26.8 Å². The summed E-state index contributed by atoms with van der Waals surface area (Å²) in [6.07, 6.45) is 3.78. The zero-order valence-electron chi connectivity index (χ0n) is 19.0. The summed E-state index contributed by atoms with van der Waals surface area (Å²) in [7, 11) is 1.79. The van der Waals surface area contributed by atoms with E-state index < -0.39 is 0 Å². The summed E-state index contributed by atoms with van der Waals surface area (Å²) in [6.45, 7) is 7.75. The maximum absolute atomic E-state index is 5.75. The van der Waals surface area contributed by atoms with Gasteiger partial charge >= 0.3 is 0 Å². The van der Waals surface area contributed by atoms with E-state index in [1.165, 1.54) is 16.7 Å². The molecule has 3 aromatic rings. The van der Waals surface area contributed by atoms with Gasteiger partial charge in [-0.25, -0.2) is 0 Å². The van der Waals surface area contributed by atoms with E-state index in [9.17, 15) is 0 Å². The highest BCUT2D eigenvalue weighted by molar-refractivity contribution is 5.79. The molecule has 1 aliphatic heterocycles. The van der Waals surface area contributed by atoms with Crippen LogP contribution in [0.4, 0.5) is 0 Å². The quantitative estimate of drug-likeness (QED) is 0.442. The van der Waals surface area contributed by atoms with Gasteiger partial charge in [0.2, 0.25) is 0 Å². The van der Waals surface area contributed by atoms with Crippen LogP contribution in [0.5, 0.6) is 11.5 Å². The summed E-state index contributed by atoms with van der Waals surface area (Å²) >= 11 is 0. The monoisotopic (exact) mass is 433 g/mol. The molecule has 32 heavy (non-hydrogen) atoms. The minimum atomic E-state index is -0.120. The highest BCUT2D eigenvalue weighted by Crippen LogP contribution is 2.34. The second-order valence-corrected chi connectivity index (χ2v) is 8.49. The number of nitrogens with zero attached hydrogens (tertiary/aromatic N) is 3. The number of aliphatic imine (C=N–C) groups is 1. The lowest BCUT2D eigenvalue weighted by Crippen LogP contribution is -2.43. The molecule has 7 heteroatoms. The number of fused-ring (bicyclic) bond motifs is 1. The molecule has 0 fully saturated rings. The van der Waals surface area contributed by atoms with E-state index in [1.54, 1.807) is 13.2 Å². The van der Waals surface area contributed by atoms with Crippen LogP contribution in [0.25, 0.3) is 0 Å². The first kappa shape index (κ1) is 21.7. The number of nitrogens with one attached hydrogen (secondary N) is 2. The van der Waals surface area contributed by atoms with Crippen LogP contribution in [0.2, 0.25) is 0 Å². The molecule has 0 bridgehead atoms. The van der Waals surface area contributed by atoms with Gasteiger partial charge in [0.25, 0.3) is 0 Å². The van der Waals surface area contributed by atoms with Gasteiger partial charge in [-0.05, 0) is 34.9 Å². The number of ether oxygens (including phenoxy) is 2. The molecule has 0 saturated carbocycles. The first-order valence-electron chi connectivity index (χ1n) is 10.9. The molecule has 2 heterocycles. The van der Waals surface area contributed by atoms with Gasteiger partial charge in [0, 0.05) is 37.9 Å². The summed E-state index contributed by atoms with van der Waals surface area (Å²) in [6, 6.07) is 16.5. The molecule has 1 aromatic heterocycles. The Labute approximate surface area is 189 Å². The standard InChI is InChI=1S/C25H31N5O2/c1-25(2,21-9-10-22-23(15-21)32-14-13-31-22)18-28-24(26-3)27-16-19-7-4-5-8-20(19)17-30-12-6-11-29-30/h4-12,15H,13-14,16-18H2,1-3H3,(H2,26,27,28). The molecular formula is C25H31N5O2. The molecule has 7 nitrogen and oxygen atoms in total. The number of guanidine groups is 1. The van der Waals surface area contributed by atoms with Gasteiger partial charge < -0.3 is 20.1 Å². The van der Waals surface area contributed by atoms with Gasteiger partial charge in [0.15, 0.2) is 17.5 Å². The summed E-state index contributed by atoms with van der Waals surface area (Å²) < 4.78 is 13.3. The minimum absolute atomic E-state index is 0.120. The van der Waals surface area contributed by atoms with Crippen molar-refractivity contribution < 1.29 is 9.47 Å². The summed E-state index contributed by atoms with van der Waals surface area (Å²) in [4.78, 5) is 4.41. The van der Waals surface area contributed by atoms with Crippen LogP contribution in [0, 0.1) is 0 Å². The van der Waals surface area contributed by atoms with E-state index >= 15 is 0 Å². The van der Waals surface area contributed by atoms with Gasteiger partial charge in [-0.15, -0.1) is 0 Å². The van der Waals surface area contributed by atoms with E-state index in [0.29, 0.717) is 19.8 Å². The highest BCUT2D eigenvalue weighted by Gasteiger charge is 2.24. The fraction of sp³-hybridized carbons (Fsp3) is 0.360. The first-order valence-corrected chi connectivity index (χ1v) is 10.9. The van der Waals surface area contributed by atoms with Crippen molar-refractivity contribution in [1.82, 2.24) is 20.4 Å². The predicted octanol–water partition coefficient (Wildman–Crippen LogP) is 3.35. The highest BCUT2D eigenvalue weighted by atomic mass is 16.6. The fourth-order valence-electron chi connectivity index (χ4n) is 3.72. The minimum Gasteiger partial charge on any atom is -0.486 e. The third-order valence-corrected chi connectivity index (χ3v) is 5.70. The molecule has 0 amide bonds. The number of hydrogen-bond acceptors (Lipinski definition) is 4. The van der Waals surface area contributed by atoms with Gasteiger partial charge in [-0.1, -0.05) is 44.2 Å². The molecule has 4 rings (SSSR count). The Morgan fingerprint density at radius 1 is 1.03 bits per heavy atom. The molecule has 2 aromatic carbocycles. The van der Waals surface area contributed by atoms with Crippen molar-refractivity contribution in [2.45, 2.75) is 32.4 Å². The lowest BCUT2D eigenvalue weighted by molar-refractivity contribution is 0.171. The van der Waals surface area contributed by atoms with Gasteiger partial charge in [-0.3, -0.25) is 9.67 Å². The zero-order valence-corrected chi connectivity index (χ0v) is 19.0. The largest absolute Gasteiger partial charge is 0.486 e. The molecule has 0 radical (unpaired) electrons. The lowest BCUT2D eigenvalue weighted by Gasteiger charge is -2.28. The van der Waals surface area contributed by atoms with Crippen LogP contribution in [0.1, 0.15) is 30.5 Å². The zero-order chi connectivity index (χ0) is 22.4. The van der Waals surface area contributed by atoms with Crippen LogP contribution in [-0.2, 0) is 18.5 Å². The van der Waals surface area contributed by atoms with Crippen LogP contribution in [-0.4, -0.2) is 42.5 Å². The Kier molecular flexibility index (Phi) is 6.63. The average molecular weight is 434 g/mol. The summed E-state index contributed by atoms with van der Waals surface area (Å²) in [5.41, 5.74) is 3.52. The second kappa shape index (κ2) is 9.77. The predicted molar refractivity (Wildman–Crippen MR) is 126 cm³/mol. The lowest BCUT2D eigenvalue weighted by atomic mass is 9.84. The van der Waals surface area contributed by atoms with E-state index in [4.69, 9.17) is 9.47 Å². The number of hydrogen-bond donors (Lipinski definition) is 2. The van der Waals surface area contributed by atoms with E-state index in [2.05, 4.69) is 71.0 Å². The molecule has 168 valence electrons. The maximum Gasteiger partial charge on any atom is 0.191 e. The maximum atomic E-state index is 5.75. The third kappa shape index (κ3) is 5.22. The topological polar surface area (TPSA) is 72.7 Å². The first-order chi connectivity index (χ1) is 15.5. The Balaban J connectivity index is 1.36. The Hall–Kier alpha value is -3.48. The Morgan fingerprint density at radius 2 is 1.81 bits per heavy atom. The summed E-state index contributed by atoms with van der Waals surface area (Å²) in [5.74, 6) is 2.40. The second-order valence-electron chi connectivity index (χ2n) is 8.49. The van der Waals surface area contributed by atoms with Gasteiger partial charge in [0.1, 0.15) is 13.2 Å². The molecule has 0 aliphatic carbocycles. The van der Waals surface area contributed by atoms with Gasteiger partial charge in [0.05, 0.1) is 6.54 Å². The Bertz CT molecular complexity index is 1060. The summed E-state index contributed by atoms with van der Waals surface area (Å²) in [5, 5.41) is 11.2. The average Bonchev–Trinajstić information content (AvgIpc) is 3.33. The van der Waals surface area contributed by atoms with Crippen molar-refractivity contribution in [3.05, 3.63) is 77.6 Å². The number of rotatable bonds is 7. The molecule has 0 unspecified atom stereocenters. The van der Waals surface area contributed by atoms with E-state index in [-0.39, 0.29) is 5.41 Å². The molecule has 2 N–H and O–H groups in total. The normalized spacial score (nSPS) is 13.7. The third-order valence-electron chi connectivity index (χ3n) is 5.70. The van der Waals surface area contributed by atoms with Crippen molar-refractivity contribution >= 4 is 5.96 Å². The van der Waals surface area contributed by atoms with Crippen molar-refractivity contribution in [3.63, 3.8) is 0 Å². The van der Waals surface area contributed by atoms with Crippen molar-refractivity contribution in [2.24, 2.45) is 4.99 Å². The molecular weight excluding hydrogens is 402 g/mol. The van der Waals surface area contributed by atoms with Crippen molar-refractivity contribution in [1.29, 1.82) is 0 Å². The van der Waals surface area contributed by atoms with Crippen LogP contribution in [0.15, 0.2) is 65.9 Å². The fourth-order valence-corrected chi connectivity index (χ4v) is 3.72. The van der Waals surface area contributed by atoms with Crippen molar-refractivity contribution in [3.8, 4) is 11.5 Å². The van der Waals surface area contributed by atoms with Crippen LogP contribution >= 0.6 is 0 Å². The number of aromatic nitrogens is 2. The van der Waals surface area contributed by atoms with Crippen LogP contribution < -0.4 is 20.1 Å². The van der Waals surface area contributed by atoms with E-state index in [1.807, 2.05) is 23.0 Å². The molecule has 0 spiro atoms. The molecule has 1 aliphatic rings.